The highest BCUT2D eigenvalue weighted by atomic mass is 79.9. The third-order valence-electron chi connectivity index (χ3n) is 3.31. The molecule has 1 amide bonds. The van der Waals surface area contributed by atoms with Gasteiger partial charge in [-0.05, 0) is 40.9 Å². The fraction of sp³-hybridized carbons (Fsp3) is 0.462. The van der Waals surface area contributed by atoms with Crippen molar-refractivity contribution in [1.82, 2.24) is 9.88 Å². The maximum absolute atomic E-state index is 12.6. The number of carbonyl (C=O) groups excluding carboxylic acids is 1. The van der Waals surface area contributed by atoms with Gasteiger partial charge in [-0.25, -0.2) is 4.98 Å². The molecule has 1 saturated carbocycles. The number of amides is 1. The number of thiocarbonyl (C=S) groups is 1. The Kier molecular flexibility index (Phi) is 4.87. The number of halogens is 1. The first-order chi connectivity index (χ1) is 9.09. The summed E-state index contributed by atoms with van der Waals surface area (Å²) in [4.78, 5) is 18.9. The number of hydrogen-bond acceptors (Lipinski definition) is 3. The SMILES string of the molecule is NC(=S)CN(C(=O)c1ncccc1Br)C1CCCC1. The lowest BCUT2D eigenvalue weighted by Crippen LogP contribution is -2.44. The topological polar surface area (TPSA) is 59.2 Å². The van der Waals surface area contributed by atoms with E-state index >= 15 is 0 Å². The van der Waals surface area contributed by atoms with Crippen molar-refractivity contribution in [2.75, 3.05) is 6.54 Å². The van der Waals surface area contributed by atoms with Gasteiger partial charge in [-0.2, -0.15) is 0 Å². The van der Waals surface area contributed by atoms with Crippen LogP contribution in [-0.4, -0.2) is 33.4 Å². The fourth-order valence-corrected chi connectivity index (χ4v) is 2.99. The van der Waals surface area contributed by atoms with Crippen LogP contribution in [-0.2, 0) is 0 Å². The normalized spacial score (nSPS) is 15.4. The summed E-state index contributed by atoms with van der Waals surface area (Å²) in [5.41, 5.74) is 6.04. The molecule has 0 unspecified atom stereocenters. The summed E-state index contributed by atoms with van der Waals surface area (Å²) in [6, 6.07) is 3.82. The number of rotatable bonds is 4. The van der Waals surface area contributed by atoms with E-state index in [-0.39, 0.29) is 11.9 Å². The summed E-state index contributed by atoms with van der Waals surface area (Å²) in [5.74, 6) is -0.104. The molecule has 1 aromatic rings. The molecule has 2 N–H and O–H groups in total. The Bertz CT molecular complexity index is 489. The van der Waals surface area contributed by atoms with Crippen LogP contribution >= 0.6 is 28.1 Å². The second-order valence-corrected chi connectivity index (χ2v) is 6.05. The Labute approximate surface area is 126 Å². The van der Waals surface area contributed by atoms with E-state index in [0.717, 1.165) is 25.7 Å². The van der Waals surface area contributed by atoms with Gasteiger partial charge < -0.3 is 10.6 Å². The average Bonchev–Trinajstić information content (AvgIpc) is 2.89. The van der Waals surface area contributed by atoms with E-state index < -0.39 is 0 Å². The van der Waals surface area contributed by atoms with E-state index in [2.05, 4.69) is 20.9 Å². The molecule has 0 spiro atoms. The molecule has 4 nitrogen and oxygen atoms in total. The monoisotopic (exact) mass is 341 g/mol. The predicted octanol–water partition coefficient (Wildman–Crippen LogP) is 2.52. The van der Waals surface area contributed by atoms with E-state index in [1.165, 1.54) is 0 Å². The molecule has 0 aromatic carbocycles. The standard InChI is InChI=1S/C13H16BrN3OS/c14-10-6-3-7-16-12(10)13(18)17(8-11(15)19)9-4-1-2-5-9/h3,6-7,9H,1-2,4-5,8H2,(H2,15,19). The minimum atomic E-state index is -0.104. The molecule has 1 aromatic heterocycles. The van der Waals surface area contributed by atoms with Crippen LogP contribution < -0.4 is 5.73 Å². The number of nitrogens with zero attached hydrogens (tertiary/aromatic N) is 2. The maximum Gasteiger partial charge on any atom is 0.274 e. The predicted molar refractivity (Wildman–Crippen MR) is 82.0 cm³/mol. The van der Waals surface area contributed by atoms with Crippen LogP contribution in [0.15, 0.2) is 22.8 Å². The lowest BCUT2D eigenvalue weighted by molar-refractivity contribution is 0.0707. The third-order valence-corrected chi connectivity index (χ3v) is 4.08. The van der Waals surface area contributed by atoms with Gasteiger partial charge in [0.15, 0.2) is 0 Å². The van der Waals surface area contributed by atoms with Gasteiger partial charge in [-0.15, -0.1) is 0 Å². The van der Waals surface area contributed by atoms with E-state index in [4.69, 9.17) is 18.0 Å². The van der Waals surface area contributed by atoms with Gasteiger partial charge in [-0.1, -0.05) is 25.1 Å². The van der Waals surface area contributed by atoms with Crippen molar-refractivity contribution in [3.05, 3.63) is 28.5 Å². The molecule has 0 atom stereocenters. The molecule has 102 valence electrons. The molecule has 1 aliphatic rings. The molecule has 0 bridgehead atoms. The molecule has 2 rings (SSSR count). The molecule has 1 aliphatic carbocycles. The Hall–Kier alpha value is -1.01. The highest BCUT2D eigenvalue weighted by molar-refractivity contribution is 9.10. The zero-order chi connectivity index (χ0) is 13.8. The fourth-order valence-electron chi connectivity index (χ4n) is 2.43. The molecular formula is C13H16BrN3OS. The van der Waals surface area contributed by atoms with E-state index in [0.29, 0.717) is 21.7 Å². The number of nitrogens with two attached hydrogens (primary N) is 1. The summed E-state index contributed by atoms with van der Waals surface area (Å²) < 4.78 is 0.700. The number of hydrogen-bond donors (Lipinski definition) is 1. The average molecular weight is 342 g/mol. The molecule has 1 heterocycles. The van der Waals surface area contributed by atoms with Gasteiger partial charge in [0.05, 0.1) is 11.5 Å². The van der Waals surface area contributed by atoms with Gasteiger partial charge in [0.2, 0.25) is 0 Å². The van der Waals surface area contributed by atoms with Crippen LogP contribution in [0.5, 0.6) is 0 Å². The summed E-state index contributed by atoms with van der Waals surface area (Å²) >= 11 is 8.33. The van der Waals surface area contributed by atoms with Crippen LogP contribution in [0, 0.1) is 0 Å². The zero-order valence-corrected chi connectivity index (χ0v) is 12.9. The summed E-state index contributed by atoms with van der Waals surface area (Å²) in [6.07, 6.45) is 5.94. The molecule has 0 saturated heterocycles. The van der Waals surface area contributed by atoms with Gasteiger partial charge in [0, 0.05) is 16.7 Å². The van der Waals surface area contributed by atoms with Crippen LogP contribution in [0.4, 0.5) is 0 Å². The molecular weight excluding hydrogens is 326 g/mol. The molecule has 1 fully saturated rings. The summed E-state index contributed by atoms with van der Waals surface area (Å²) in [6.45, 7) is 0.321. The highest BCUT2D eigenvalue weighted by Crippen LogP contribution is 2.26. The molecule has 6 heteroatoms. The van der Waals surface area contributed by atoms with Gasteiger partial charge in [0.25, 0.3) is 5.91 Å². The zero-order valence-electron chi connectivity index (χ0n) is 10.5. The minimum Gasteiger partial charge on any atom is -0.392 e. The second kappa shape index (κ2) is 6.43. The Morgan fingerprint density at radius 1 is 1.53 bits per heavy atom. The molecule has 0 radical (unpaired) electrons. The third kappa shape index (κ3) is 3.51. The van der Waals surface area contributed by atoms with Crippen molar-refractivity contribution >= 4 is 39.0 Å². The van der Waals surface area contributed by atoms with Crippen LogP contribution in [0.2, 0.25) is 0 Å². The maximum atomic E-state index is 12.6. The Balaban J connectivity index is 2.24. The van der Waals surface area contributed by atoms with E-state index in [1.54, 1.807) is 17.2 Å². The number of aromatic nitrogens is 1. The number of carbonyl (C=O) groups is 1. The van der Waals surface area contributed by atoms with Gasteiger partial charge in [0.1, 0.15) is 5.69 Å². The van der Waals surface area contributed by atoms with Crippen molar-refractivity contribution in [2.24, 2.45) is 5.73 Å². The van der Waals surface area contributed by atoms with Crippen molar-refractivity contribution < 1.29 is 4.79 Å². The van der Waals surface area contributed by atoms with Crippen molar-refractivity contribution in [1.29, 1.82) is 0 Å². The smallest absolute Gasteiger partial charge is 0.274 e. The minimum absolute atomic E-state index is 0.104. The molecule has 0 aliphatic heterocycles. The largest absolute Gasteiger partial charge is 0.392 e. The summed E-state index contributed by atoms with van der Waals surface area (Å²) in [7, 11) is 0. The van der Waals surface area contributed by atoms with E-state index in [9.17, 15) is 4.79 Å². The van der Waals surface area contributed by atoms with Gasteiger partial charge in [-0.3, -0.25) is 4.79 Å². The summed E-state index contributed by atoms with van der Waals surface area (Å²) in [5, 5.41) is 0. The van der Waals surface area contributed by atoms with Crippen LogP contribution in [0.1, 0.15) is 36.2 Å². The van der Waals surface area contributed by atoms with Gasteiger partial charge >= 0.3 is 0 Å². The first-order valence-corrected chi connectivity index (χ1v) is 7.49. The van der Waals surface area contributed by atoms with Crippen LogP contribution in [0.3, 0.4) is 0 Å². The van der Waals surface area contributed by atoms with E-state index in [1.807, 2.05) is 6.07 Å². The lowest BCUT2D eigenvalue weighted by atomic mass is 10.2. The first kappa shape index (κ1) is 14.4. The van der Waals surface area contributed by atoms with Crippen molar-refractivity contribution in [3.8, 4) is 0 Å². The quantitative estimate of drug-likeness (QED) is 0.855. The molecule has 19 heavy (non-hydrogen) atoms. The lowest BCUT2D eigenvalue weighted by Gasteiger charge is -2.28. The second-order valence-electron chi connectivity index (χ2n) is 4.67. The Morgan fingerprint density at radius 3 is 2.79 bits per heavy atom. The first-order valence-electron chi connectivity index (χ1n) is 6.29. The Morgan fingerprint density at radius 2 is 2.21 bits per heavy atom. The number of pyridine rings is 1. The highest BCUT2D eigenvalue weighted by Gasteiger charge is 2.29. The van der Waals surface area contributed by atoms with Crippen molar-refractivity contribution in [2.45, 2.75) is 31.7 Å². The van der Waals surface area contributed by atoms with Crippen LogP contribution in [0.25, 0.3) is 0 Å². The van der Waals surface area contributed by atoms with Crippen molar-refractivity contribution in [3.63, 3.8) is 0 Å².